The normalized spacial score (nSPS) is 23.2. The zero-order valence-corrected chi connectivity index (χ0v) is 15.6. The molecular formula is C19H24N6O2. The highest BCUT2D eigenvalue weighted by atomic mass is 16.2. The number of aromatic amines is 1. The number of pyridine rings is 1. The van der Waals surface area contributed by atoms with E-state index in [0.717, 1.165) is 42.8 Å². The molecule has 27 heavy (non-hydrogen) atoms. The van der Waals surface area contributed by atoms with Gasteiger partial charge < -0.3 is 5.32 Å². The molecule has 8 heteroatoms. The summed E-state index contributed by atoms with van der Waals surface area (Å²) in [7, 11) is 0. The predicted octanol–water partition coefficient (Wildman–Crippen LogP) is 1.10. The Bertz CT molecular complexity index is 850. The smallest absolute Gasteiger partial charge is 0.245 e. The Labute approximate surface area is 158 Å². The van der Waals surface area contributed by atoms with E-state index < -0.39 is 0 Å². The standard InChI is InChI=1S/C19H24N6O2/c1-12-16(14-9-20-21-10-14)3-4-18(22-12)25-8-6-17(19(25)27)24-7-5-15(11-24)23-13(2)26/h3-4,9-10,15,17H,5-8,11H2,1-2H3,(H,20,21)(H,23,26)/t15-,17?/m0/s1. The number of aromatic nitrogens is 3. The Morgan fingerprint density at radius 2 is 2.15 bits per heavy atom. The van der Waals surface area contributed by atoms with Crippen LogP contribution in [0, 0.1) is 6.92 Å². The maximum Gasteiger partial charge on any atom is 0.245 e. The van der Waals surface area contributed by atoms with Gasteiger partial charge in [0.15, 0.2) is 0 Å². The molecule has 2 atom stereocenters. The highest BCUT2D eigenvalue weighted by Crippen LogP contribution is 2.28. The van der Waals surface area contributed by atoms with Gasteiger partial charge in [-0.15, -0.1) is 0 Å². The van der Waals surface area contributed by atoms with Crippen LogP contribution in [0.15, 0.2) is 24.5 Å². The average Bonchev–Trinajstić information content (AvgIpc) is 3.35. The molecule has 4 heterocycles. The Morgan fingerprint density at radius 3 is 2.85 bits per heavy atom. The molecular weight excluding hydrogens is 344 g/mol. The van der Waals surface area contributed by atoms with Gasteiger partial charge in [-0.2, -0.15) is 5.10 Å². The van der Waals surface area contributed by atoms with Crippen molar-refractivity contribution in [1.82, 2.24) is 25.4 Å². The van der Waals surface area contributed by atoms with Gasteiger partial charge in [0.1, 0.15) is 5.82 Å². The minimum Gasteiger partial charge on any atom is -0.352 e. The van der Waals surface area contributed by atoms with Crippen molar-refractivity contribution in [3.05, 3.63) is 30.2 Å². The number of amides is 2. The molecule has 0 aromatic carbocycles. The Morgan fingerprint density at radius 1 is 1.30 bits per heavy atom. The van der Waals surface area contributed by atoms with Crippen molar-refractivity contribution in [2.75, 3.05) is 24.5 Å². The van der Waals surface area contributed by atoms with Crippen LogP contribution in [0.2, 0.25) is 0 Å². The number of hydrogen-bond acceptors (Lipinski definition) is 5. The number of nitrogens with zero attached hydrogens (tertiary/aromatic N) is 4. The van der Waals surface area contributed by atoms with Gasteiger partial charge >= 0.3 is 0 Å². The third-order valence-electron chi connectivity index (χ3n) is 5.40. The van der Waals surface area contributed by atoms with Crippen LogP contribution >= 0.6 is 0 Å². The van der Waals surface area contributed by atoms with Gasteiger partial charge in [-0.25, -0.2) is 4.98 Å². The summed E-state index contributed by atoms with van der Waals surface area (Å²) in [5.41, 5.74) is 2.86. The summed E-state index contributed by atoms with van der Waals surface area (Å²) in [6.07, 6.45) is 5.27. The van der Waals surface area contributed by atoms with Gasteiger partial charge in [0, 0.05) is 55.6 Å². The van der Waals surface area contributed by atoms with Gasteiger partial charge in [-0.1, -0.05) is 0 Å². The second-order valence-electron chi connectivity index (χ2n) is 7.26. The van der Waals surface area contributed by atoms with Crippen LogP contribution in [-0.2, 0) is 9.59 Å². The van der Waals surface area contributed by atoms with Gasteiger partial charge in [-0.3, -0.25) is 24.5 Å². The largest absolute Gasteiger partial charge is 0.352 e. The number of aryl methyl sites for hydroxylation is 1. The minimum absolute atomic E-state index is 0.0152. The van der Waals surface area contributed by atoms with E-state index in [9.17, 15) is 9.59 Å². The number of likely N-dealkylation sites (tertiary alicyclic amines) is 1. The number of hydrogen-bond donors (Lipinski definition) is 2. The van der Waals surface area contributed by atoms with Crippen LogP contribution in [0.1, 0.15) is 25.5 Å². The van der Waals surface area contributed by atoms with Crippen LogP contribution in [0.3, 0.4) is 0 Å². The Balaban J connectivity index is 1.46. The van der Waals surface area contributed by atoms with Crippen molar-refractivity contribution in [2.24, 2.45) is 0 Å². The van der Waals surface area contributed by atoms with Crippen LogP contribution in [0.4, 0.5) is 5.82 Å². The molecule has 0 bridgehead atoms. The zero-order chi connectivity index (χ0) is 19.0. The second-order valence-corrected chi connectivity index (χ2v) is 7.26. The van der Waals surface area contributed by atoms with E-state index in [1.54, 1.807) is 11.1 Å². The summed E-state index contributed by atoms with van der Waals surface area (Å²) < 4.78 is 0. The second kappa shape index (κ2) is 7.11. The van der Waals surface area contributed by atoms with Crippen LogP contribution in [0.5, 0.6) is 0 Å². The highest BCUT2D eigenvalue weighted by molar-refractivity contribution is 5.98. The fourth-order valence-corrected chi connectivity index (χ4v) is 4.11. The fraction of sp³-hybridized carbons (Fsp3) is 0.474. The minimum atomic E-state index is -0.126. The monoisotopic (exact) mass is 368 g/mol. The molecule has 8 nitrogen and oxygen atoms in total. The molecule has 4 rings (SSSR count). The third-order valence-corrected chi connectivity index (χ3v) is 5.40. The van der Waals surface area contributed by atoms with Crippen LogP contribution < -0.4 is 10.2 Å². The molecule has 0 aliphatic carbocycles. The molecule has 142 valence electrons. The van der Waals surface area contributed by atoms with Gasteiger partial charge in [0.25, 0.3) is 0 Å². The summed E-state index contributed by atoms with van der Waals surface area (Å²) in [6.45, 7) is 5.72. The summed E-state index contributed by atoms with van der Waals surface area (Å²) in [6, 6.07) is 3.91. The first kappa shape index (κ1) is 17.7. The predicted molar refractivity (Wildman–Crippen MR) is 101 cm³/mol. The summed E-state index contributed by atoms with van der Waals surface area (Å²) >= 11 is 0. The molecule has 2 fully saturated rings. The maximum atomic E-state index is 13.0. The van der Waals surface area contributed by atoms with Crippen molar-refractivity contribution >= 4 is 17.6 Å². The van der Waals surface area contributed by atoms with Gasteiger partial charge in [0.2, 0.25) is 11.8 Å². The lowest BCUT2D eigenvalue weighted by molar-refractivity contribution is -0.121. The number of anilines is 1. The van der Waals surface area contributed by atoms with Crippen molar-refractivity contribution in [1.29, 1.82) is 0 Å². The molecule has 2 saturated heterocycles. The summed E-state index contributed by atoms with van der Waals surface area (Å²) in [5, 5.41) is 9.75. The topological polar surface area (TPSA) is 94.2 Å². The summed E-state index contributed by atoms with van der Waals surface area (Å²) in [5.74, 6) is 0.782. The first-order chi connectivity index (χ1) is 13.0. The third kappa shape index (κ3) is 3.44. The number of H-pyrrole nitrogens is 1. The average molecular weight is 368 g/mol. The molecule has 1 unspecified atom stereocenters. The van der Waals surface area contributed by atoms with E-state index in [0.29, 0.717) is 12.4 Å². The molecule has 2 aromatic rings. The molecule has 0 saturated carbocycles. The van der Waals surface area contributed by atoms with E-state index in [2.05, 4.69) is 25.4 Å². The lowest BCUT2D eigenvalue weighted by atomic mass is 10.1. The van der Waals surface area contributed by atoms with E-state index >= 15 is 0 Å². The van der Waals surface area contributed by atoms with E-state index in [-0.39, 0.29) is 23.9 Å². The molecule has 0 radical (unpaired) electrons. The number of carbonyl (C=O) groups excluding carboxylic acids is 2. The molecule has 2 N–H and O–H groups in total. The highest BCUT2D eigenvalue weighted by Gasteiger charge is 2.40. The SMILES string of the molecule is CC(=O)N[C@H]1CCN(C2CCN(c3ccc(-c4cn[nH]c4)c(C)n3)C2=O)C1. The maximum absolute atomic E-state index is 13.0. The molecule has 2 aliphatic rings. The number of rotatable bonds is 4. The van der Waals surface area contributed by atoms with Crippen molar-refractivity contribution in [3.63, 3.8) is 0 Å². The van der Waals surface area contributed by atoms with Crippen molar-refractivity contribution in [2.45, 2.75) is 38.8 Å². The van der Waals surface area contributed by atoms with Gasteiger partial charge in [0.05, 0.1) is 12.2 Å². The Hall–Kier alpha value is -2.74. The number of nitrogens with one attached hydrogen (secondary N) is 2. The van der Waals surface area contributed by atoms with E-state index in [1.807, 2.05) is 25.3 Å². The molecule has 2 aromatic heterocycles. The van der Waals surface area contributed by atoms with E-state index in [4.69, 9.17) is 0 Å². The molecule has 2 aliphatic heterocycles. The van der Waals surface area contributed by atoms with Crippen molar-refractivity contribution in [3.8, 4) is 11.1 Å². The number of carbonyl (C=O) groups is 2. The fourth-order valence-electron chi connectivity index (χ4n) is 4.11. The molecule has 2 amide bonds. The van der Waals surface area contributed by atoms with Crippen LogP contribution in [-0.4, -0.2) is 63.6 Å². The lowest BCUT2D eigenvalue weighted by Crippen LogP contribution is -2.43. The first-order valence-corrected chi connectivity index (χ1v) is 9.32. The van der Waals surface area contributed by atoms with Crippen LogP contribution in [0.25, 0.3) is 11.1 Å². The quantitative estimate of drug-likeness (QED) is 0.843. The lowest BCUT2D eigenvalue weighted by Gasteiger charge is -2.23. The summed E-state index contributed by atoms with van der Waals surface area (Å²) in [4.78, 5) is 32.9. The van der Waals surface area contributed by atoms with Gasteiger partial charge in [-0.05, 0) is 31.9 Å². The van der Waals surface area contributed by atoms with Crippen molar-refractivity contribution < 1.29 is 9.59 Å². The Kier molecular flexibility index (Phi) is 4.65. The van der Waals surface area contributed by atoms with E-state index in [1.165, 1.54) is 6.92 Å². The molecule has 0 spiro atoms. The first-order valence-electron chi connectivity index (χ1n) is 9.32. The zero-order valence-electron chi connectivity index (χ0n) is 15.6.